The monoisotopic (exact) mass is 644 g/mol. The summed E-state index contributed by atoms with van der Waals surface area (Å²) in [7, 11) is 1.50. The van der Waals surface area contributed by atoms with Crippen molar-refractivity contribution in [3.8, 4) is 5.75 Å². The van der Waals surface area contributed by atoms with E-state index in [2.05, 4.69) is 15.9 Å². The first kappa shape index (κ1) is 26.3. The summed E-state index contributed by atoms with van der Waals surface area (Å²) in [6.07, 6.45) is 0. The van der Waals surface area contributed by atoms with E-state index in [4.69, 9.17) is 51.1 Å². The molecule has 12 heteroatoms. The number of halogens is 6. The molecule has 3 amide bonds. The van der Waals surface area contributed by atoms with Gasteiger partial charge in [0.1, 0.15) is 17.6 Å². The van der Waals surface area contributed by atoms with Crippen molar-refractivity contribution in [2.24, 2.45) is 0 Å². The van der Waals surface area contributed by atoms with E-state index in [0.717, 1.165) is 4.90 Å². The van der Waals surface area contributed by atoms with Crippen LogP contribution in [0.3, 0.4) is 0 Å². The minimum Gasteiger partial charge on any atom is -0.496 e. The lowest BCUT2D eigenvalue weighted by Gasteiger charge is -2.49. The quantitative estimate of drug-likeness (QED) is 0.129. The van der Waals surface area contributed by atoms with Crippen LogP contribution in [-0.4, -0.2) is 35.8 Å². The molecule has 0 saturated carbocycles. The van der Waals surface area contributed by atoms with Crippen LogP contribution < -0.4 is 9.64 Å². The molecular formula is C25H14BrCl4FN2O4. The summed E-state index contributed by atoms with van der Waals surface area (Å²) in [5.74, 6) is -2.25. The van der Waals surface area contributed by atoms with Crippen molar-refractivity contribution in [3.05, 3.63) is 89.0 Å². The molecule has 0 spiro atoms. The van der Waals surface area contributed by atoms with Crippen molar-refractivity contribution in [3.63, 3.8) is 0 Å². The Kier molecular flexibility index (Phi) is 6.69. The van der Waals surface area contributed by atoms with E-state index in [9.17, 15) is 18.8 Å². The van der Waals surface area contributed by atoms with Crippen molar-refractivity contribution in [2.75, 3.05) is 12.0 Å². The molecule has 1 fully saturated rings. The number of hydrogen-bond donors (Lipinski definition) is 0. The first-order valence-electron chi connectivity index (χ1n) is 10.7. The third-order valence-electron chi connectivity index (χ3n) is 6.43. The molecule has 37 heavy (non-hydrogen) atoms. The van der Waals surface area contributed by atoms with Gasteiger partial charge in [0.15, 0.2) is 0 Å². The fourth-order valence-corrected chi connectivity index (χ4v) is 6.13. The molecule has 2 heterocycles. The second kappa shape index (κ2) is 9.43. The Morgan fingerprint density at radius 2 is 1.43 bits per heavy atom. The number of carbonyl (C=O) groups is 3. The van der Waals surface area contributed by atoms with Gasteiger partial charge in [-0.1, -0.05) is 58.5 Å². The van der Waals surface area contributed by atoms with Crippen molar-refractivity contribution < 1.29 is 23.5 Å². The van der Waals surface area contributed by atoms with Crippen LogP contribution in [0.15, 0.2) is 40.9 Å². The van der Waals surface area contributed by atoms with E-state index in [-0.39, 0.29) is 36.9 Å². The summed E-state index contributed by atoms with van der Waals surface area (Å²) in [4.78, 5) is 42.7. The van der Waals surface area contributed by atoms with Crippen molar-refractivity contribution in [1.29, 1.82) is 0 Å². The standard InChI is InChI=1S/C25H14BrCl4FN2O4/c1-9-3-5-11(8-13(9)31)32-21(10-4-6-14(37-2)12(26)7-10)22(25(32)36)33-23(34)15-16(24(33)35)18(28)20(30)19(29)17(15)27/h3-8,21-22H,1-2H3/t21-,22+/m0/s1. The smallest absolute Gasteiger partial charge is 0.264 e. The first-order chi connectivity index (χ1) is 17.5. The van der Waals surface area contributed by atoms with Crippen LogP contribution in [0.5, 0.6) is 5.75 Å². The molecule has 3 aromatic rings. The molecule has 0 N–H and O–H groups in total. The highest BCUT2D eigenvalue weighted by Gasteiger charge is 2.58. The van der Waals surface area contributed by atoms with Gasteiger partial charge in [-0.2, -0.15) is 0 Å². The molecule has 1 saturated heterocycles. The number of β-lactam (4-membered cyclic amide) rings is 1. The van der Waals surface area contributed by atoms with Crippen LogP contribution in [0, 0.1) is 12.7 Å². The maximum atomic E-state index is 14.5. The van der Waals surface area contributed by atoms with Crippen molar-refractivity contribution in [1.82, 2.24) is 4.90 Å². The minimum atomic E-state index is -1.28. The Morgan fingerprint density at radius 3 is 1.95 bits per heavy atom. The van der Waals surface area contributed by atoms with Crippen LogP contribution in [0.1, 0.15) is 37.9 Å². The number of rotatable bonds is 4. The second-order valence-electron chi connectivity index (χ2n) is 8.41. The van der Waals surface area contributed by atoms with Crippen LogP contribution >= 0.6 is 62.3 Å². The molecule has 2 aliphatic heterocycles. The number of aryl methyl sites for hydroxylation is 1. The molecule has 6 nitrogen and oxygen atoms in total. The third kappa shape index (κ3) is 3.84. The van der Waals surface area contributed by atoms with Gasteiger partial charge in [-0.05, 0) is 58.2 Å². The van der Waals surface area contributed by atoms with E-state index < -0.39 is 35.6 Å². The lowest BCUT2D eigenvalue weighted by atomic mass is 9.86. The predicted molar refractivity (Wildman–Crippen MR) is 143 cm³/mol. The first-order valence-corrected chi connectivity index (χ1v) is 13.0. The lowest BCUT2D eigenvalue weighted by Crippen LogP contribution is -2.67. The van der Waals surface area contributed by atoms with Gasteiger partial charge in [0.2, 0.25) is 0 Å². The van der Waals surface area contributed by atoms with Gasteiger partial charge in [-0.15, -0.1) is 0 Å². The van der Waals surface area contributed by atoms with Gasteiger partial charge in [-0.25, -0.2) is 4.39 Å². The largest absolute Gasteiger partial charge is 0.496 e. The molecule has 2 aliphatic rings. The number of amides is 3. The second-order valence-corrected chi connectivity index (χ2v) is 10.8. The van der Waals surface area contributed by atoms with Gasteiger partial charge < -0.3 is 9.64 Å². The zero-order valence-corrected chi connectivity index (χ0v) is 23.5. The van der Waals surface area contributed by atoms with Crippen molar-refractivity contribution in [2.45, 2.75) is 19.0 Å². The van der Waals surface area contributed by atoms with Gasteiger partial charge in [0.05, 0.1) is 48.8 Å². The van der Waals surface area contributed by atoms with Crippen molar-refractivity contribution >= 4 is 85.7 Å². The molecule has 3 aromatic carbocycles. The molecule has 0 radical (unpaired) electrons. The summed E-state index contributed by atoms with van der Waals surface area (Å²) < 4.78 is 20.3. The fraction of sp³-hybridized carbons (Fsp3) is 0.160. The average Bonchev–Trinajstić information content (AvgIpc) is 3.12. The topological polar surface area (TPSA) is 66.9 Å². The summed E-state index contributed by atoms with van der Waals surface area (Å²) in [5, 5.41) is -0.829. The summed E-state index contributed by atoms with van der Waals surface area (Å²) in [5.41, 5.74) is 0.764. The Balaban J connectivity index is 1.65. The molecule has 0 aliphatic carbocycles. The number of imide groups is 1. The number of benzene rings is 3. The maximum absolute atomic E-state index is 14.5. The summed E-state index contributed by atoms with van der Waals surface area (Å²) >= 11 is 28.2. The van der Waals surface area contributed by atoms with E-state index in [0.29, 0.717) is 21.3 Å². The predicted octanol–water partition coefficient (Wildman–Crippen LogP) is 7.27. The van der Waals surface area contributed by atoms with Crippen LogP contribution in [-0.2, 0) is 4.79 Å². The normalized spacial score (nSPS) is 18.9. The average molecular weight is 647 g/mol. The Bertz CT molecular complexity index is 1500. The van der Waals surface area contributed by atoms with Crippen LogP contribution in [0.2, 0.25) is 20.1 Å². The highest BCUT2D eigenvalue weighted by atomic mass is 79.9. The zero-order chi connectivity index (χ0) is 26.9. The SMILES string of the molecule is COc1ccc([C@H]2[C@@H](N3C(=O)c4c(Cl)c(Cl)c(Cl)c(Cl)c4C3=O)C(=O)N2c2ccc(C)c(F)c2)cc1Br. The van der Waals surface area contributed by atoms with Crippen LogP contribution in [0.25, 0.3) is 0 Å². The number of hydrogen-bond acceptors (Lipinski definition) is 4. The number of methoxy groups -OCH3 is 1. The molecule has 0 unspecified atom stereocenters. The highest BCUT2D eigenvalue weighted by Crippen LogP contribution is 2.49. The number of carbonyl (C=O) groups excluding carboxylic acids is 3. The Hall–Kier alpha value is -2.36. The van der Waals surface area contributed by atoms with E-state index in [1.165, 1.54) is 24.1 Å². The number of anilines is 1. The third-order valence-corrected chi connectivity index (χ3v) is 8.85. The van der Waals surface area contributed by atoms with Gasteiger partial charge >= 0.3 is 0 Å². The Morgan fingerprint density at radius 1 is 0.838 bits per heavy atom. The summed E-state index contributed by atoms with van der Waals surface area (Å²) in [6, 6.07) is 7.28. The van der Waals surface area contributed by atoms with Gasteiger partial charge in [0.25, 0.3) is 17.7 Å². The molecule has 0 bridgehead atoms. The van der Waals surface area contributed by atoms with Gasteiger partial charge in [0, 0.05) is 5.69 Å². The molecular weight excluding hydrogens is 633 g/mol. The molecule has 5 rings (SSSR count). The highest BCUT2D eigenvalue weighted by molar-refractivity contribution is 9.10. The summed E-state index contributed by atoms with van der Waals surface area (Å²) in [6.45, 7) is 1.60. The van der Waals surface area contributed by atoms with E-state index >= 15 is 0 Å². The molecule has 190 valence electrons. The zero-order valence-electron chi connectivity index (χ0n) is 18.9. The van der Waals surface area contributed by atoms with Crippen LogP contribution in [0.4, 0.5) is 10.1 Å². The van der Waals surface area contributed by atoms with Gasteiger partial charge in [-0.3, -0.25) is 19.3 Å². The minimum absolute atomic E-state index is 0.178. The Labute approximate surface area is 238 Å². The maximum Gasteiger partial charge on any atom is 0.264 e. The lowest BCUT2D eigenvalue weighted by molar-refractivity contribution is -0.130. The fourth-order valence-electron chi connectivity index (χ4n) is 4.56. The van der Waals surface area contributed by atoms with E-state index in [1.807, 2.05) is 0 Å². The number of fused-ring (bicyclic) bond motifs is 1. The number of ether oxygens (including phenoxy) is 1. The van der Waals surface area contributed by atoms with E-state index in [1.54, 1.807) is 31.2 Å². The number of nitrogens with zero attached hydrogens (tertiary/aromatic N) is 2. The molecule has 2 atom stereocenters. The molecule has 0 aromatic heterocycles.